The van der Waals surface area contributed by atoms with E-state index in [2.05, 4.69) is 24.1 Å². The predicted octanol–water partition coefficient (Wildman–Crippen LogP) is 3.40. The molecule has 5 heteroatoms. The topological polar surface area (TPSA) is 39.1 Å². The van der Waals surface area contributed by atoms with Crippen molar-refractivity contribution in [3.05, 3.63) is 47.0 Å². The lowest BCUT2D eigenvalue weighted by Crippen LogP contribution is -2.19. The van der Waals surface area contributed by atoms with Gasteiger partial charge in [-0.05, 0) is 18.5 Å². The largest absolute Gasteiger partial charge is 0.485 e. The van der Waals surface area contributed by atoms with E-state index >= 15 is 0 Å². The van der Waals surface area contributed by atoms with Crippen LogP contribution in [0, 0.1) is 5.92 Å². The number of benzene rings is 1. The first-order valence-corrected chi connectivity index (χ1v) is 7.52. The van der Waals surface area contributed by atoms with Crippen LogP contribution in [0.2, 0.25) is 5.02 Å². The second kappa shape index (κ2) is 7.48. The van der Waals surface area contributed by atoms with E-state index in [1.807, 2.05) is 29.8 Å². The number of rotatable bonds is 7. The summed E-state index contributed by atoms with van der Waals surface area (Å²) in [5.41, 5.74) is 2.08. The Hall–Kier alpha value is -1.52. The minimum absolute atomic E-state index is 0.456. The van der Waals surface area contributed by atoms with Gasteiger partial charge < -0.3 is 14.6 Å². The van der Waals surface area contributed by atoms with Crippen molar-refractivity contribution in [1.29, 1.82) is 0 Å². The summed E-state index contributed by atoms with van der Waals surface area (Å²) in [6.45, 7) is 6.54. The van der Waals surface area contributed by atoms with Crippen molar-refractivity contribution in [2.24, 2.45) is 13.0 Å². The third kappa shape index (κ3) is 4.48. The molecule has 0 amide bonds. The molecule has 0 aliphatic rings. The number of hydrogen-bond donors (Lipinski definition) is 1. The van der Waals surface area contributed by atoms with Crippen LogP contribution in [0.3, 0.4) is 0 Å². The Labute approximate surface area is 131 Å². The van der Waals surface area contributed by atoms with Gasteiger partial charge in [-0.25, -0.2) is 4.98 Å². The summed E-state index contributed by atoms with van der Waals surface area (Å²) in [6.07, 6.45) is 3.56. The molecule has 0 aliphatic carbocycles. The number of halogens is 1. The van der Waals surface area contributed by atoms with E-state index in [4.69, 9.17) is 16.3 Å². The molecule has 0 atom stereocenters. The first-order valence-electron chi connectivity index (χ1n) is 7.14. The quantitative estimate of drug-likeness (QED) is 0.852. The Morgan fingerprint density at radius 3 is 2.86 bits per heavy atom. The maximum absolute atomic E-state index is 6.28. The van der Waals surface area contributed by atoms with Gasteiger partial charge in [-0.15, -0.1) is 0 Å². The van der Waals surface area contributed by atoms with Crippen LogP contribution in [0.5, 0.6) is 5.75 Å². The number of para-hydroxylation sites is 1. The number of aryl methyl sites for hydroxylation is 1. The molecule has 0 aliphatic heterocycles. The predicted molar refractivity (Wildman–Crippen MR) is 85.5 cm³/mol. The van der Waals surface area contributed by atoms with Gasteiger partial charge in [0.15, 0.2) is 0 Å². The SMILES string of the molecule is CC(C)CNCc1cccc(Cl)c1OCc1cncn1C. The van der Waals surface area contributed by atoms with Crippen molar-refractivity contribution in [2.45, 2.75) is 27.0 Å². The number of nitrogens with one attached hydrogen (secondary N) is 1. The van der Waals surface area contributed by atoms with Crippen molar-refractivity contribution < 1.29 is 4.74 Å². The summed E-state index contributed by atoms with van der Waals surface area (Å²) in [4.78, 5) is 4.09. The molecule has 21 heavy (non-hydrogen) atoms. The Morgan fingerprint density at radius 1 is 1.38 bits per heavy atom. The van der Waals surface area contributed by atoms with Gasteiger partial charge in [0.2, 0.25) is 0 Å². The zero-order valence-corrected chi connectivity index (χ0v) is 13.5. The zero-order chi connectivity index (χ0) is 15.2. The van der Waals surface area contributed by atoms with Crippen LogP contribution in [0.25, 0.3) is 0 Å². The summed E-state index contributed by atoms with van der Waals surface area (Å²) < 4.78 is 7.86. The van der Waals surface area contributed by atoms with Gasteiger partial charge in [0, 0.05) is 19.2 Å². The highest BCUT2D eigenvalue weighted by Gasteiger charge is 2.10. The van der Waals surface area contributed by atoms with Crippen molar-refractivity contribution in [1.82, 2.24) is 14.9 Å². The van der Waals surface area contributed by atoms with E-state index in [-0.39, 0.29) is 0 Å². The molecule has 1 aromatic carbocycles. The third-order valence-electron chi connectivity index (χ3n) is 3.20. The Morgan fingerprint density at radius 2 is 2.19 bits per heavy atom. The summed E-state index contributed by atoms with van der Waals surface area (Å²) in [5.74, 6) is 1.36. The van der Waals surface area contributed by atoms with Gasteiger partial charge in [0.05, 0.1) is 23.2 Å². The number of imidazole rings is 1. The third-order valence-corrected chi connectivity index (χ3v) is 3.50. The Bertz CT molecular complexity index is 581. The molecule has 0 saturated heterocycles. The second-order valence-corrected chi connectivity index (χ2v) is 5.94. The Kier molecular flexibility index (Phi) is 5.65. The fourth-order valence-electron chi connectivity index (χ4n) is 2.02. The fraction of sp³-hybridized carbons (Fsp3) is 0.438. The fourth-order valence-corrected chi connectivity index (χ4v) is 2.27. The minimum atomic E-state index is 0.456. The van der Waals surface area contributed by atoms with Crippen LogP contribution in [-0.2, 0) is 20.2 Å². The lowest BCUT2D eigenvalue weighted by Gasteiger charge is -2.14. The van der Waals surface area contributed by atoms with Crippen LogP contribution < -0.4 is 10.1 Å². The molecule has 2 rings (SSSR count). The summed E-state index contributed by atoms with van der Waals surface area (Å²) in [6, 6.07) is 5.84. The summed E-state index contributed by atoms with van der Waals surface area (Å²) in [5, 5.41) is 4.06. The number of aromatic nitrogens is 2. The molecule has 1 aromatic heterocycles. The molecule has 0 radical (unpaired) electrons. The highest BCUT2D eigenvalue weighted by molar-refractivity contribution is 6.32. The number of nitrogens with zero attached hydrogens (tertiary/aromatic N) is 2. The van der Waals surface area contributed by atoms with Gasteiger partial charge in [-0.3, -0.25) is 0 Å². The van der Waals surface area contributed by atoms with E-state index in [0.717, 1.165) is 30.1 Å². The minimum Gasteiger partial charge on any atom is -0.485 e. The standard InChI is InChI=1S/C16H22ClN3O/c1-12(2)7-18-8-13-5-4-6-15(17)16(13)21-10-14-9-19-11-20(14)3/h4-6,9,11-12,18H,7-8,10H2,1-3H3. The average molecular weight is 308 g/mol. The maximum atomic E-state index is 6.28. The summed E-state index contributed by atoms with van der Waals surface area (Å²) in [7, 11) is 1.95. The van der Waals surface area contributed by atoms with Gasteiger partial charge in [-0.2, -0.15) is 0 Å². The lowest BCUT2D eigenvalue weighted by atomic mass is 10.2. The highest BCUT2D eigenvalue weighted by atomic mass is 35.5. The first-order chi connectivity index (χ1) is 10.1. The van der Waals surface area contributed by atoms with E-state index in [0.29, 0.717) is 17.5 Å². The van der Waals surface area contributed by atoms with Gasteiger partial charge in [0.1, 0.15) is 12.4 Å². The molecule has 1 heterocycles. The van der Waals surface area contributed by atoms with Crippen LogP contribution in [0.4, 0.5) is 0 Å². The Balaban J connectivity index is 2.05. The zero-order valence-electron chi connectivity index (χ0n) is 12.8. The molecule has 0 spiro atoms. The molecular weight excluding hydrogens is 286 g/mol. The molecule has 0 saturated carbocycles. The molecular formula is C16H22ClN3O. The molecule has 2 aromatic rings. The van der Waals surface area contributed by atoms with Crippen molar-refractivity contribution in [2.75, 3.05) is 6.54 Å². The van der Waals surface area contributed by atoms with Crippen molar-refractivity contribution in [3.63, 3.8) is 0 Å². The molecule has 1 N–H and O–H groups in total. The van der Waals surface area contributed by atoms with E-state index in [1.165, 1.54) is 0 Å². The van der Waals surface area contributed by atoms with E-state index in [9.17, 15) is 0 Å². The van der Waals surface area contributed by atoms with Crippen LogP contribution in [-0.4, -0.2) is 16.1 Å². The molecule has 4 nitrogen and oxygen atoms in total. The van der Waals surface area contributed by atoms with Crippen LogP contribution >= 0.6 is 11.6 Å². The molecule has 0 unspecified atom stereocenters. The van der Waals surface area contributed by atoms with Crippen LogP contribution in [0.1, 0.15) is 25.1 Å². The maximum Gasteiger partial charge on any atom is 0.142 e. The normalized spacial score (nSPS) is 11.1. The van der Waals surface area contributed by atoms with Crippen LogP contribution in [0.15, 0.2) is 30.7 Å². The molecule has 0 bridgehead atoms. The van der Waals surface area contributed by atoms with Crippen molar-refractivity contribution in [3.8, 4) is 5.75 Å². The van der Waals surface area contributed by atoms with E-state index < -0.39 is 0 Å². The highest BCUT2D eigenvalue weighted by Crippen LogP contribution is 2.29. The molecule has 0 fully saturated rings. The smallest absolute Gasteiger partial charge is 0.142 e. The first kappa shape index (κ1) is 15.9. The number of ether oxygens (including phenoxy) is 1. The average Bonchev–Trinajstić information content (AvgIpc) is 2.83. The monoisotopic (exact) mass is 307 g/mol. The van der Waals surface area contributed by atoms with Gasteiger partial charge >= 0.3 is 0 Å². The van der Waals surface area contributed by atoms with Crippen molar-refractivity contribution >= 4 is 11.6 Å². The summed E-state index contributed by atoms with van der Waals surface area (Å²) >= 11 is 6.28. The molecule has 114 valence electrons. The van der Waals surface area contributed by atoms with E-state index in [1.54, 1.807) is 12.5 Å². The number of hydrogen-bond acceptors (Lipinski definition) is 3. The van der Waals surface area contributed by atoms with Gasteiger partial charge in [0.25, 0.3) is 0 Å². The second-order valence-electron chi connectivity index (χ2n) is 5.54. The van der Waals surface area contributed by atoms with Gasteiger partial charge in [-0.1, -0.05) is 37.6 Å². The lowest BCUT2D eigenvalue weighted by molar-refractivity contribution is 0.293.